The number of aromatic nitrogens is 1. The van der Waals surface area contributed by atoms with Crippen LogP contribution in [0.15, 0.2) is 22.8 Å². The zero-order valence-corrected chi connectivity index (χ0v) is 15.0. The number of hydrogen-bond donors (Lipinski definition) is 1. The lowest BCUT2D eigenvalue weighted by Crippen LogP contribution is -2.45. The Bertz CT molecular complexity index is 508. The Hall–Kier alpha value is -1.14. The Morgan fingerprint density at radius 1 is 1.41 bits per heavy atom. The summed E-state index contributed by atoms with van der Waals surface area (Å²) in [5, 5.41) is 2.96. The Balaban J connectivity index is 1.75. The van der Waals surface area contributed by atoms with Gasteiger partial charge in [-0.3, -0.25) is 4.90 Å². The van der Waals surface area contributed by atoms with Gasteiger partial charge in [0, 0.05) is 25.7 Å². The number of ether oxygens (including phenoxy) is 1. The maximum Gasteiger partial charge on any atom is 0.407 e. The minimum Gasteiger partial charge on any atom is -0.444 e. The van der Waals surface area contributed by atoms with Crippen molar-refractivity contribution in [2.75, 3.05) is 13.1 Å². The Labute approximate surface area is 140 Å². The van der Waals surface area contributed by atoms with Gasteiger partial charge >= 0.3 is 6.09 Å². The predicted octanol–water partition coefficient (Wildman–Crippen LogP) is 3.33. The van der Waals surface area contributed by atoms with Gasteiger partial charge in [-0.25, -0.2) is 9.78 Å². The van der Waals surface area contributed by atoms with E-state index in [9.17, 15) is 4.79 Å². The smallest absolute Gasteiger partial charge is 0.407 e. The molecule has 0 bridgehead atoms. The van der Waals surface area contributed by atoms with E-state index in [1.807, 2.05) is 39.0 Å². The van der Waals surface area contributed by atoms with Crippen LogP contribution in [0, 0.1) is 0 Å². The van der Waals surface area contributed by atoms with Crippen LogP contribution in [0.5, 0.6) is 0 Å². The molecule has 1 aromatic heterocycles. The third-order valence-corrected chi connectivity index (χ3v) is 3.91. The maximum absolute atomic E-state index is 11.8. The molecule has 0 radical (unpaired) electrons. The van der Waals surface area contributed by atoms with Crippen molar-refractivity contribution in [1.29, 1.82) is 0 Å². The van der Waals surface area contributed by atoms with E-state index < -0.39 is 5.60 Å². The van der Waals surface area contributed by atoms with Crippen molar-refractivity contribution in [1.82, 2.24) is 15.2 Å². The minimum atomic E-state index is -0.447. The van der Waals surface area contributed by atoms with E-state index in [1.165, 1.54) is 0 Å². The molecule has 1 saturated heterocycles. The van der Waals surface area contributed by atoms with Gasteiger partial charge in [-0.15, -0.1) is 0 Å². The first-order valence-corrected chi connectivity index (χ1v) is 8.44. The molecular formula is C16H24BrN3O2. The van der Waals surface area contributed by atoms with Crippen LogP contribution in [0.3, 0.4) is 0 Å². The molecule has 22 heavy (non-hydrogen) atoms. The van der Waals surface area contributed by atoms with Crippen molar-refractivity contribution in [3.63, 3.8) is 0 Å². The van der Waals surface area contributed by atoms with Gasteiger partial charge in [0.15, 0.2) is 0 Å². The van der Waals surface area contributed by atoms with Crippen molar-refractivity contribution < 1.29 is 9.53 Å². The molecule has 0 aromatic carbocycles. The third kappa shape index (κ3) is 5.93. The van der Waals surface area contributed by atoms with Crippen LogP contribution in [-0.4, -0.2) is 40.7 Å². The van der Waals surface area contributed by atoms with Crippen LogP contribution in [0.2, 0.25) is 0 Å². The molecule has 5 nitrogen and oxygen atoms in total. The van der Waals surface area contributed by atoms with Gasteiger partial charge in [0.1, 0.15) is 10.2 Å². The van der Waals surface area contributed by atoms with E-state index in [2.05, 4.69) is 31.1 Å². The topological polar surface area (TPSA) is 54.5 Å². The highest BCUT2D eigenvalue weighted by Crippen LogP contribution is 2.15. The van der Waals surface area contributed by atoms with Crippen molar-refractivity contribution in [3.05, 3.63) is 28.5 Å². The summed E-state index contributed by atoms with van der Waals surface area (Å²) in [7, 11) is 0. The minimum absolute atomic E-state index is 0.196. The monoisotopic (exact) mass is 369 g/mol. The fourth-order valence-corrected chi connectivity index (χ4v) is 2.86. The largest absolute Gasteiger partial charge is 0.444 e. The van der Waals surface area contributed by atoms with Crippen LogP contribution >= 0.6 is 15.9 Å². The van der Waals surface area contributed by atoms with Crippen molar-refractivity contribution in [2.24, 2.45) is 0 Å². The highest BCUT2D eigenvalue weighted by Gasteiger charge is 2.23. The number of halogens is 1. The van der Waals surface area contributed by atoms with Gasteiger partial charge in [-0.2, -0.15) is 0 Å². The van der Waals surface area contributed by atoms with Crippen LogP contribution in [-0.2, 0) is 11.3 Å². The van der Waals surface area contributed by atoms with Gasteiger partial charge in [0.05, 0.1) is 5.69 Å². The first kappa shape index (κ1) is 17.2. The number of carbonyl (C=O) groups excluding carboxylic acids is 1. The molecule has 1 N–H and O–H groups in total. The first-order chi connectivity index (χ1) is 10.3. The number of hydrogen-bond acceptors (Lipinski definition) is 4. The molecule has 0 spiro atoms. The second-order valence-electron chi connectivity index (χ2n) is 6.65. The zero-order chi connectivity index (χ0) is 16.2. The molecule has 0 atom stereocenters. The van der Waals surface area contributed by atoms with Crippen LogP contribution in [0.25, 0.3) is 0 Å². The fraction of sp³-hybridized carbons (Fsp3) is 0.625. The second kappa shape index (κ2) is 7.42. The molecule has 1 fully saturated rings. The SMILES string of the molecule is CC(C)(C)OC(=O)NC1CCN(Cc2cccc(Br)n2)CC1. The zero-order valence-electron chi connectivity index (χ0n) is 13.4. The number of alkyl carbamates (subject to hydrolysis) is 1. The Kier molecular flexibility index (Phi) is 5.81. The highest BCUT2D eigenvalue weighted by atomic mass is 79.9. The third-order valence-electron chi connectivity index (χ3n) is 3.47. The van der Waals surface area contributed by atoms with Crippen molar-refractivity contribution >= 4 is 22.0 Å². The maximum atomic E-state index is 11.8. The van der Waals surface area contributed by atoms with E-state index in [4.69, 9.17) is 4.74 Å². The summed E-state index contributed by atoms with van der Waals surface area (Å²) in [4.78, 5) is 18.6. The number of nitrogens with zero attached hydrogens (tertiary/aromatic N) is 2. The molecule has 1 aromatic rings. The fourth-order valence-electron chi connectivity index (χ4n) is 2.48. The molecule has 2 heterocycles. The molecule has 2 rings (SSSR count). The summed E-state index contributed by atoms with van der Waals surface area (Å²) >= 11 is 3.40. The summed E-state index contributed by atoms with van der Waals surface area (Å²) in [6.07, 6.45) is 1.56. The van der Waals surface area contributed by atoms with Gasteiger partial charge in [0.2, 0.25) is 0 Å². The number of carbonyl (C=O) groups is 1. The molecule has 1 aliphatic heterocycles. The number of likely N-dealkylation sites (tertiary alicyclic amines) is 1. The number of rotatable bonds is 3. The lowest BCUT2D eigenvalue weighted by Gasteiger charge is -2.32. The molecule has 0 unspecified atom stereocenters. The Morgan fingerprint density at radius 3 is 2.68 bits per heavy atom. The summed E-state index contributed by atoms with van der Waals surface area (Å²) in [5.41, 5.74) is 0.616. The molecule has 1 aliphatic rings. The quantitative estimate of drug-likeness (QED) is 0.830. The van der Waals surface area contributed by atoms with Gasteiger partial charge < -0.3 is 10.1 Å². The molecule has 0 aliphatic carbocycles. The van der Waals surface area contributed by atoms with Gasteiger partial charge in [-0.1, -0.05) is 6.07 Å². The highest BCUT2D eigenvalue weighted by molar-refractivity contribution is 9.10. The average molecular weight is 370 g/mol. The predicted molar refractivity (Wildman–Crippen MR) is 89.6 cm³/mol. The van der Waals surface area contributed by atoms with Gasteiger partial charge in [0.25, 0.3) is 0 Å². The number of nitrogens with one attached hydrogen (secondary N) is 1. The molecule has 0 saturated carbocycles. The van der Waals surface area contributed by atoms with Crippen LogP contribution < -0.4 is 5.32 Å². The van der Waals surface area contributed by atoms with Crippen LogP contribution in [0.4, 0.5) is 4.79 Å². The van der Waals surface area contributed by atoms with E-state index in [0.717, 1.165) is 42.8 Å². The van der Waals surface area contributed by atoms with E-state index >= 15 is 0 Å². The number of piperidine rings is 1. The Morgan fingerprint density at radius 2 is 2.09 bits per heavy atom. The van der Waals surface area contributed by atoms with Crippen molar-refractivity contribution in [3.8, 4) is 0 Å². The summed E-state index contributed by atoms with van der Waals surface area (Å²) in [6, 6.07) is 6.17. The lowest BCUT2D eigenvalue weighted by atomic mass is 10.1. The second-order valence-corrected chi connectivity index (χ2v) is 7.46. The van der Waals surface area contributed by atoms with Gasteiger partial charge in [-0.05, 0) is 61.7 Å². The normalized spacial score (nSPS) is 17.3. The molecule has 6 heteroatoms. The first-order valence-electron chi connectivity index (χ1n) is 7.65. The molecular weight excluding hydrogens is 346 g/mol. The van der Waals surface area contributed by atoms with Crippen LogP contribution in [0.1, 0.15) is 39.3 Å². The lowest BCUT2D eigenvalue weighted by molar-refractivity contribution is 0.0477. The summed E-state index contributed by atoms with van der Waals surface area (Å²) in [5.74, 6) is 0. The summed E-state index contributed by atoms with van der Waals surface area (Å²) in [6.45, 7) is 8.38. The number of pyridine rings is 1. The standard InChI is InChI=1S/C16H24BrN3O2/c1-16(2,3)22-15(21)19-12-7-9-20(10-8-12)11-13-5-4-6-14(17)18-13/h4-6,12H,7-11H2,1-3H3,(H,19,21). The van der Waals surface area contributed by atoms with E-state index in [1.54, 1.807) is 0 Å². The average Bonchev–Trinajstić information content (AvgIpc) is 2.39. The summed E-state index contributed by atoms with van der Waals surface area (Å²) < 4.78 is 6.16. The van der Waals surface area contributed by atoms with E-state index in [-0.39, 0.29) is 12.1 Å². The molecule has 1 amide bonds. The van der Waals surface area contributed by atoms with Crippen molar-refractivity contribution in [2.45, 2.75) is 51.8 Å². The molecule has 122 valence electrons. The van der Waals surface area contributed by atoms with E-state index in [0.29, 0.717) is 0 Å². The number of amides is 1.